The first-order valence-electron chi connectivity index (χ1n) is 4.57. The number of hydrogen-bond donors (Lipinski definition) is 1. The number of rotatable bonds is 6. The van der Waals surface area contributed by atoms with Crippen molar-refractivity contribution in [2.24, 2.45) is 0 Å². The van der Waals surface area contributed by atoms with Crippen LogP contribution in [0, 0.1) is 3.57 Å². The van der Waals surface area contributed by atoms with E-state index in [4.69, 9.17) is 15.2 Å². The van der Waals surface area contributed by atoms with Gasteiger partial charge in [-0.25, -0.2) is 9.97 Å². The second-order valence-electron chi connectivity index (χ2n) is 2.87. The summed E-state index contributed by atoms with van der Waals surface area (Å²) in [5.74, 6) is 1.24. The van der Waals surface area contributed by atoms with Crippen LogP contribution in [-0.4, -0.2) is 36.9 Å². The molecule has 0 fully saturated rings. The SMILES string of the molecule is COCCOCCc1ncc(I)c(N)n1. The molecule has 84 valence electrons. The zero-order chi connectivity index (χ0) is 11.1. The molecule has 1 heterocycles. The molecule has 15 heavy (non-hydrogen) atoms. The molecule has 1 rings (SSSR count). The molecule has 0 unspecified atom stereocenters. The highest BCUT2D eigenvalue weighted by molar-refractivity contribution is 14.1. The van der Waals surface area contributed by atoms with E-state index in [1.165, 1.54) is 0 Å². The molecule has 0 aliphatic rings. The van der Waals surface area contributed by atoms with Crippen molar-refractivity contribution in [2.45, 2.75) is 6.42 Å². The maximum Gasteiger partial charge on any atom is 0.140 e. The molecule has 0 amide bonds. The lowest BCUT2D eigenvalue weighted by atomic mass is 10.4. The summed E-state index contributed by atoms with van der Waals surface area (Å²) >= 11 is 2.10. The van der Waals surface area contributed by atoms with Crippen molar-refractivity contribution < 1.29 is 9.47 Å². The summed E-state index contributed by atoms with van der Waals surface area (Å²) in [7, 11) is 1.65. The average Bonchev–Trinajstić information content (AvgIpc) is 2.23. The van der Waals surface area contributed by atoms with Crippen molar-refractivity contribution in [3.63, 3.8) is 0 Å². The molecule has 5 nitrogen and oxygen atoms in total. The number of halogens is 1. The molecule has 0 radical (unpaired) electrons. The summed E-state index contributed by atoms with van der Waals surface area (Å²) in [5.41, 5.74) is 5.65. The van der Waals surface area contributed by atoms with E-state index < -0.39 is 0 Å². The van der Waals surface area contributed by atoms with Gasteiger partial charge in [-0.15, -0.1) is 0 Å². The zero-order valence-electron chi connectivity index (χ0n) is 8.57. The van der Waals surface area contributed by atoms with Gasteiger partial charge in [0.15, 0.2) is 0 Å². The summed E-state index contributed by atoms with van der Waals surface area (Å²) in [6.45, 7) is 1.79. The van der Waals surface area contributed by atoms with Gasteiger partial charge in [-0.3, -0.25) is 0 Å². The molecule has 0 aliphatic heterocycles. The second kappa shape index (κ2) is 6.91. The topological polar surface area (TPSA) is 70.3 Å². The third-order valence-corrected chi connectivity index (χ3v) is 2.55. The molecule has 0 spiro atoms. The van der Waals surface area contributed by atoms with Gasteiger partial charge in [0.2, 0.25) is 0 Å². The van der Waals surface area contributed by atoms with Gasteiger partial charge in [0.1, 0.15) is 11.6 Å². The Morgan fingerprint density at radius 3 is 2.87 bits per heavy atom. The number of nitrogens with zero attached hydrogens (tertiary/aromatic N) is 2. The van der Waals surface area contributed by atoms with Crippen molar-refractivity contribution in [3.8, 4) is 0 Å². The number of nitrogens with two attached hydrogens (primary N) is 1. The normalized spacial score (nSPS) is 10.5. The van der Waals surface area contributed by atoms with Crippen LogP contribution in [0.3, 0.4) is 0 Å². The number of nitrogen functional groups attached to an aromatic ring is 1. The second-order valence-corrected chi connectivity index (χ2v) is 4.04. The minimum atomic E-state index is 0.525. The Balaban J connectivity index is 2.28. The molecular formula is C9H14IN3O2. The highest BCUT2D eigenvalue weighted by atomic mass is 127. The standard InChI is InChI=1S/C9H14IN3O2/c1-14-4-5-15-3-2-8-12-6-7(10)9(11)13-8/h6H,2-5H2,1H3,(H2,11,12,13). The largest absolute Gasteiger partial charge is 0.383 e. The van der Waals surface area contributed by atoms with E-state index in [2.05, 4.69) is 32.6 Å². The Bertz CT molecular complexity index is 309. The average molecular weight is 323 g/mol. The van der Waals surface area contributed by atoms with Crippen molar-refractivity contribution in [1.29, 1.82) is 0 Å². The smallest absolute Gasteiger partial charge is 0.140 e. The zero-order valence-corrected chi connectivity index (χ0v) is 10.7. The maximum absolute atomic E-state index is 5.65. The van der Waals surface area contributed by atoms with Gasteiger partial charge in [-0.1, -0.05) is 0 Å². The van der Waals surface area contributed by atoms with E-state index >= 15 is 0 Å². The molecule has 0 aromatic carbocycles. The minimum absolute atomic E-state index is 0.525. The molecule has 2 N–H and O–H groups in total. The third-order valence-electron chi connectivity index (χ3n) is 1.72. The number of ether oxygens (including phenoxy) is 2. The van der Waals surface area contributed by atoms with Crippen LogP contribution >= 0.6 is 22.6 Å². The quantitative estimate of drug-likeness (QED) is 0.621. The third kappa shape index (κ3) is 4.72. The molecule has 0 saturated heterocycles. The van der Waals surface area contributed by atoms with Crippen LogP contribution in [0.1, 0.15) is 5.82 Å². The van der Waals surface area contributed by atoms with Crippen molar-refractivity contribution in [1.82, 2.24) is 9.97 Å². The lowest BCUT2D eigenvalue weighted by molar-refractivity contribution is 0.0716. The molecule has 0 atom stereocenters. The number of aromatic nitrogens is 2. The lowest BCUT2D eigenvalue weighted by Crippen LogP contribution is -2.08. The van der Waals surface area contributed by atoms with Gasteiger partial charge in [-0.2, -0.15) is 0 Å². The summed E-state index contributed by atoms with van der Waals surface area (Å²) in [4.78, 5) is 8.29. The molecule has 6 heteroatoms. The highest BCUT2D eigenvalue weighted by Crippen LogP contribution is 2.09. The van der Waals surface area contributed by atoms with E-state index in [0.29, 0.717) is 37.9 Å². The first kappa shape index (κ1) is 12.6. The van der Waals surface area contributed by atoms with Gasteiger partial charge >= 0.3 is 0 Å². The summed E-state index contributed by atoms with van der Waals surface area (Å²) < 4.78 is 11.0. The monoisotopic (exact) mass is 323 g/mol. The Labute approximate surface area is 103 Å². The Kier molecular flexibility index (Phi) is 5.81. The predicted molar refractivity (Wildman–Crippen MR) is 65.6 cm³/mol. The first-order valence-corrected chi connectivity index (χ1v) is 5.65. The van der Waals surface area contributed by atoms with Crippen LogP contribution in [0.4, 0.5) is 5.82 Å². The maximum atomic E-state index is 5.65. The molecular weight excluding hydrogens is 309 g/mol. The Morgan fingerprint density at radius 1 is 1.40 bits per heavy atom. The van der Waals surface area contributed by atoms with Crippen LogP contribution < -0.4 is 5.73 Å². The van der Waals surface area contributed by atoms with E-state index in [9.17, 15) is 0 Å². The van der Waals surface area contributed by atoms with Crippen molar-refractivity contribution >= 4 is 28.4 Å². The van der Waals surface area contributed by atoms with E-state index in [1.54, 1.807) is 13.3 Å². The summed E-state index contributed by atoms with van der Waals surface area (Å²) in [6, 6.07) is 0. The first-order chi connectivity index (χ1) is 7.24. The number of anilines is 1. The highest BCUT2D eigenvalue weighted by Gasteiger charge is 2.01. The Morgan fingerprint density at radius 2 is 2.20 bits per heavy atom. The molecule has 0 aliphatic carbocycles. The molecule has 1 aromatic heterocycles. The fourth-order valence-corrected chi connectivity index (χ4v) is 1.21. The van der Waals surface area contributed by atoms with E-state index in [-0.39, 0.29) is 0 Å². The summed E-state index contributed by atoms with van der Waals surface area (Å²) in [5, 5.41) is 0. The summed E-state index contributed by atoms with van der Waals surface area (Å²) in [6.07, 6.45) is 2.39. The molecule has 1 aromatic rings. The molecule has 0 saturated carbocycles. The fraction of sp³-hybridized carbons (Fsp3) is 0.556. The van der Waals surface area contributed by atoms with Crippen LogP contribution in [0.15, 0.2) is 6.20 Å². The number of methoxy groups -OCH3 is 1. The number of hydrogen-bond acceptors (Lipinski definition) is 5. The lowest BCUT2D eigenvalue weighted by Gasteiger charge is -2.03. The van der Waals surface area contributed by atoms with Crippen molar-refractivity contribution in [2.75, 3.05) is 32.7 Å². The van der Waals surface area contributed by atoms with Crippen molar-refractivity contribution in [3.05, 3.63) is 15.6 Å². The predicted octanol–water partition coefficient (Wildman–Crippen LogP) is 0.869. The molecule has 0 bridgehead atoms. The van der Waals surface area contributed by atoms with E-state index in [1.807, 2.05) is 0 Å². The van der Waals surface area contributed by atoms with Gasteiger partial charge in [0.05, 0.1) is 23.4 Å². The fourth-order valence-electron chi connectivity index (χ4n) is 0.947. The van der Waals surface area contributed by atoms with Crippen LogP contribution in [-0.2, 0) is 15.9 Å². The van der Waals surface area contributed by atoms with Gasteiger partial charge in [-0.05, 0) is 22.6 Å². The van der Waals surface area contributed by atoms with Crippen LogP contribution in [0.25, 0.3) is 0 Å². The van der Waals surface area contributed by atoms with Crippen LogP contribution in [0.5, 0.6) is 0 Å². The van der Waals surface area contributed by atoms with E-state index in [0.717, 1.165) is 3.57 Å². The van der Waals surface area contributed by atoms with Gasteiger partial charge in [0.25, 0.3) is 0 Å². The Hall–Kier alpha value is -0.470. The minimum Gasteiger partial charge on any atom is -0.383 e. The van der Waals surface area contributed by atoms with Gasteiger partial charge in [0, 0.05) is 19.7 Å². The van der Waals surface area contributed by atoms with Crippen LogP contribution in [0.2, 0.25) is 0 Å². The van der Waals surface area contributed by atoms with Gasteiger partial charge < -0.3 is 15.2 Å².